The summed E-state index contributed by atoms with van der Waals surface area (Å²) in [5.41, 5.74) is 5.75. The second-order valence-electron chi connectivity index (χ2n) is 6.80. The summed E-state index contributed by atoms with van der Waals surface area (Å²) in [6.07, 6.45) is 2.81. The van der Waals surface area contributed by atoms with Crippen molar-refractivity contribution in [1.82, 2.24) is 19.7 Å². The molecule has 0 saturated heterocycles. The van der Waals surface area contributed by atoms with E-state index in [2.05, 4.69) is 72.3 Å². The van der Waals surface area contributed by atoms with Gasteiger partial charge in [-0.15, -0.1) is 0 Å². The first kappa shape index (κ1) is 17.4. The van der Waals surface area contributed by atoms with Crippen LogP contribution in [0.15, 0.2) is 54.7 Å². The minimum atomic E-state index is 0.423. The molecule has 3 rings (SSSR count). The third-order valence-electron chi connectivity index (χ3n) is 4.58. The van der Waals surface area contributed by atoms with Gasteiger partial charge in [-0.05, 0) is 63.7 Å². The van der Waals surface area contributed by atoms with E-state index in [-0.39, 0.29) is 0 Å². The lowest BCUT2D eigenvalue weighted by atomic mass is 10.1. The average molecular weight is 334 g/mol. The van der Waals surface area contributed by atoms with Gasteiger partial charge in [0, 0.05) is 36.6 Å². The molecule has 4 nitrogen and oxygen atoms in total. The Morgan fingerprint density at radius 3 is 2.60 bits per heavy atom. The van der Waals surface area contributed by atoms with Gasteiger partial charge < -0.3 is 0 Å². The third kappa shape index (κ3) is 4.34. The highest BCUT2D eigenvalue weighted by Gasteiger charge is 2.12. The summed E-state index contributed by atoms with van der Waals surface area (Å²) in [6.45, 7) is 7.27. The van der Waals surface area contributed by atoms with Gasteiger partial charge in [-0.1, -0.05) is 18.2 Å². The standard InChI is InChI=1S/C21H26N4/c1-16-12-18(3)25(23-16)21-10-7-8-19(14-21)15-24(4)17(2)13-20-9-5-6-11-22-20/h5-12,14,17H,13,15H2,1-4H3. The van der Waals surface area contributed by atoms with Crippen molar-refractivity contribution >= 4 is 0 Å². The normalized spacial score (nSPS) is 12.5. The summed E-state index contributed by atoms with van der Waals surface area (Å²) in [6, 6.07) is 17.3. The lowest BCUT2D eigenvalue weighted by Gasteiger charge is -2.24. The maximum Gasteiger partial charge on any atom is 0.0651 e. The van der Waals surface area contributed by atoms with Crippen molar-refractivity contribution in [1.29, 1.82) is 0 Å². The predicted molar refractivity (Wildman–Crippen MR) is 102 cm³/mol. The summed E-state index contributed by atoms with van der Waals surface area (Å²) >= 11 is 0. The zero-order valence-electron chi connectivity index (χ0n) is 15.5. The number of aryl methyl sites for hydroxylation is 2. The summed E-state index contributed by atoms with van der Waals surface area (Å²) in [4.78, 5) is 6.81. The van der Waals surface area contributed by atoms with Gasteiger partial charge in [0.2, 0.25) is 0 Å². The molecule has 0 spiro atoms. The highest BCUT2D eigenvalue weighted by molar-refractivity contribution is 5.37. The molecule has 25 heavy (non-hydrogen) atoms. The van der Waals surface area contributed by atoms with E-state index in [0.717, 1.165) is 35.7 Å². The average Bonchev–Trinajstić information content (AvgIpc) is 2.94. The number of rotatable bonds is 6. The molecule has 3 aromatic rings. The third-order valence-corrected chi connectivity index (χ3v) is 4.58. The SMILES string of the molecule is Cc1cc(C)n(-c2cccc(CN(C)C(C)Cc3ccccn3)c2)n1. The molecule has 0 fully saturated rings. The molecule has 1 aromatic carbocycles. The maximum atomic E-state index is 4.59. The Labute approximate surface area is 150 Å². The summed E-state index contributed by atoms with van der Waals surface area (Å²) in [5.74, 6) is 0. The number of benzene rings is 1. The van der Waals surface area contributed by atoms with Gasteiger partial charge in [-0.25, -0.2) is 4.68 Å². The van der Waals surface area contributed by atoms with E-state index in [0.29, 0.717) is 6.04 Å². The van der Waals surface area contributed by atoms with Crippen LogP contribution in [0.25, 0.3) is 5.69 Å². The molecule has 0 saturated carbocycles. The van der Waals surface area contributed by atoms with Crippen molar-refractivity contribution in [3.05, 3.63) is 77.4 Å². The first-order chi connectivity index (χ1) is 12.0. The Balaban J connectivity index is 1.70. The topological polar surface area (TPSA) is 34.0 Å². The minimum absolute atomic E-state index is 0.423. The number of pyridine rings is 1. The second-order valence-corrected chi connectivity index (χ2v) is 6.80. The first-order valence-electron chi connectivity index (χ1n) is 8.75. The molecule has 0 aliphatic carbocycles. The van der Waals surface area contributed by atoms with E-state index >= 15 is 0 Å². The first-order valence-corrected chi connectivity index (χ1v) is 8.75. The van der Waals surface area contributed by atoms with Crippen molar-refractivity contribution in [3.63, 3.8) is 0 Å². The quantitative estimate of drug-likeness (QED) is 0.684. The Morgan fingerprint density at radius 2 is 1.92 bits per heavy atom. The number of hydrogen-bond donors (Lipinski definition) is 0. The van der Waals surface area contributed by atoms with Gasteiger partial charge >= 0.3 is 0 Å². The molecule has 4 heteroatoms. The van der Waals surface area contributed by atoms with E-state index in [4.69, 9.17) is 0 Å². The molecule has 2 heterocycles. The van der Waals surface area contributed by atoms with Gasteiger partial charge in [0.1, 0.15) is 0 Å². The number of nitrogens with zero attached hydrogens (tertiary/aromatic N) is 4. The molecule has 0 aliphatic rings. The zero-order chi connectivity index (χ0) is 17.8. The van der Waals surface area contributed by atoms with E-state index < -0.39 is 0 Å². The van der Waals surface area contributed by atoms with Gasteiger partial charge in [0.25, 0.3) is 0 Å². The van der Waals surface area contributed by atoms with Crippen molar-refractivity contribution in [2.24, 2.45) is 0 Å². The maximum absolute atomic E-state index is 4.59. The van der Waals surface area contributed by atoms with Crippen LogP contribution in [0.1, 0.15) is 29.6 Å². The zero-order valence-corrected chi connectivity index (χ0v) is 15.5. The van der Waals surface area contributed by atoms with E-state index in [1.807, 2.05) is 29.9 Å². The lowest BCUT2D eigenvalue weighted by molar-refractivity contribution is 0.247. The van der Waals surface area contributed by atoms with Crippen LogP contribution in [0.2, 0.25) is 0 Å². The molecule has 0 N–H and O–H groups in total. The molecule has 130 valence electrons. The van der Waals surface area contributed by atoms with Crippen LogP contribution in [-0.4, -0.2) is 32.8 Å². The molecular weight excluding hydrogens is 308 g/mol. The lowest BCUT2D eigenvalue weighted by Crippen LogP contribution is -2.30. The van der Waals surface area contributed by atoms with E-state index in [9.17, 15) is 0 Å². The molecule has 0 amide bonds. The van der Waals surface area contributed by atoms with Crippen LogP contribution in [-0.2, 0) is 13.0 Å². The van der Waals surface area contributed by atoms with Crippen LogP contribution in [0, 0.1) is 13.8 Å². The smallest absolute Gasteiger partial charge is 0.0651 e. The van der Waals surface area contributed by atoms with Crippen molar-refractivity contribution in [2.45, 2.75) is 39.8 Å². The van der Waals surface area contributed by atoms with Gasteiger partial charge in [0.05, 0.1) is 11.4 Å². The highest BCUT2D eigenvalue weighted by atomic mass is 15.3. The van der Waals surface area contributed by atoms with Crippen LogP contribution in [0.5, 0.6) is 0 Å². The molecule has 0 bridgehead atoms. The molecule has 1 unspecified atom stereocenters. The fourth-order valence-corrected chi connectivity index (χ4v) is 3.10. The monoisotopic (exact) mass is 334 g/mol. The van der Waals surface area contributed by atoms with Gasteiger partial charge in [-0.3, -0.25) is 9.88 Å². The molecule has 2 aromatic heterocycles. The second kappa shape index (κ2) is 7.62. The summed E-state index contributed by atoms with van der Waals surface area (Å²) in [7, 11) is 2.17. The number of likely N-dealkylation sites (N-methyl/N-ethyl adjacent to an activating group) is 1. The van der Waals surface area contributed by atoms with Crippen LogP contribution in [0.4, 0.5) is 0 Å². The van der Waals surface area contributed by atoms with Crippen LogP contribution < -0.4 is 0 Å². The van der Waals surface area contributed by atoms with Gasteiger partial charge in [0.15, 0.2) is 0 Å². The van der Waals surface area contributed by atoms with Crippen molar-refractivity contribution in [2.75, 3.05) is 7.05 Å². The summed E-state index contributed by atoms with van der Waals surface area (Å²) < 4.78 is 2.01. The Morgan fingerprint density at radius 1 is 1.08 bits per heavy atom. The van der Waals surface area contributed by atoms with Gasteiger partial charge in [-0.2, -0.15) is 5.10 Å². The molecule has 0 radical (unpaired) electrons. The minimum Gasteiger partial charge on any atom is -0.299 e. The van der Waals surface area contributed by atoms with Crippen molar-refractivity contribution < 1.29 is 0 Å². The predicted octanol–water partition coefficient (Wildman–Crippen LogP) is 3.95. The number of aromatic nitrogens is 3. The largest absolute Gasteiger partial charge is 0.299 e. The molecular formula is C21H26N4. The Hall–Kier alpha value is -2.46. The van der Waals surface area contributed by atoms with Crippen molar-refractivity contribution in [3.8, 4) is 5.69 Å². The number of hydrogen-bond acceptors (Lipinski definition) is 3. The molecule has 0 aliphatic heterocycles. The highest BCUT2D eigenvalue weighted by Crippen LogP contribution is 2.16. The fraction of sp³-hybridized carbons (Fsp3) is 0.333. The van der Waals surface area contributed by atoms with Crippen LogP contribution >= 0.6 is 0 Å². The Bertz CT molecular complexity index is 823. The molecule has 1 atom stereocenters. The van der Waals surface area contributed by atoms with E-state index in [1.165, 1.54) is 5.56 Å². The van der Waals surface area contributed by atoms with Crippen LogP contribution in [0.3, 0.4) is 0 Å². The summed E-state index contributed by atoms with van der Waals surface area (Å²) in [5, 5.41) is 4.59. The van der Waals surface area contributed by atoms with E-state index in [1.54, 1.807) is 0 Å². The fourth-order valence-electron chi connectivity index (χ4n) is 3.10. The Kier molecular flexibility index (Phi) is 5.29.